The number of nitrogens with zero attached hydrogens (tertiary/aromatic N) is 2. The normalized spacial score (nSPS) is 17.0. The fourth-order valence-corrected chi connectivity index (χ4v) is 3.49. The van der Waals surface area contributed by atoms with Crippen molar-refractivity contribution >= 4 is 10.2 Å². The highest BCUT2D eigenvalue weighted by Gasteiger charge is 2.40. The van der Waals surface area contributed by atoms with Gasteiger partial charge in [-0.25, -0.2) is 0 Å². The van der Waals surface area contributed by atoms with E-state index in [-0.39, 0.29) is 12.1 Å². The zero-order chi connectivity index (χ0) is 13.3. The lowest BCUT2D eigenvalue weighted by Crippen LogP contribution is -2.45. The van der Waals surface area contributed by atoms with Crippen LogP contribution in [0.4, 0.5) is 0 Å². The Hall–Kier alpha value is -0.850. The maximum absolute atomic E-state index is 12.5. The van der Waals surface area contributed by atoms with Gasteiger partial charge in [-0.3, -0.25) is 0 Å². The molecule has 0 amide bonds. The van der Waals surface area contributed by atoms with Crippen LogP contribution in [0.5, 0.6) is 0 Å². The molecule has 1 aromatic heterocycles. The van der Waals surface area contributed by atoms with Crippen LogP contribution in [0.1, 0.15) is 32.4 Å². The molecule has 1 heterocycles. The minimum absolute atomic E-state index is 0.0483. The van der Waals surface area contributed by atoms with Crippen LogP contribution < -0.4 is 0 Å². The number of furan rings is 1. The van der Waals surface area contributed by atoms with Crippen molar-refractivity contribution in [2.75, 3.05) is 7.05 Å². The third-order valence-electron chi connectivity index (χ3n) is 3.23. The van der Waals surface area contributed by atoms with Gasteiger partial charge in [-0.2, -0.15) is 17.0 Å². The molecule has 1 fully saturated rings. The maximum Gasteiger partial charge on any atom is 0.282 e. The second-order valence-electron chi connectivity index (χ2n) is 4.97. The van der Waals surface area contributed by atoms with Crippen LogP contribution in [-0.2, 0) is 16.8 Å². The predicted molar refractivity (Wildman–Crippen MR) is 69.1 cm³/mol. The van der Waals surface area contributed by atoms with Crippen LogP contribution in [0, 0.1) is 0 Å². The van der Waals surface area contributed by atoms with Gasteiger partial charge < -0.3 is 4.42 Å². The molecule has 1 aliphatic carbocycles. The second-order valence-corrected chi connectivity index (χ2v) is 6.91. The van der Waals surface area contributed by atoms with Crippen LogP contribution in [0.2, 0.25) is 0 Å². The Labute approximate surface area is 109 Å². The summed E-state index contributed by atoms with van der Waals surface area (Å²) in [4.78, 5) is 0. The van der Waals surface area contributed by atoms with Crippen LogP contribution in [0.3, 0.4) is 0 Å². The Morgan fingerprint density at radius 2 is 2.11 bits per heavy atom. The number of rotatable bonds is 6. The molecule has 1 saturated carbocycles. The summed E-state index contributed by atoms with van der Waals surface area (Å²) in [6, 6.07) is 3.66. The first kappa shape index (κ1) is 13.6. The van der Waals surface area contributed by atoms with Crippen LogP contribution in [0.15, 0.2) is 22.8 Å². The fourth-order valence-electron chi connectivity index (χ4n) is 1.75. The van der Waals surface area contributed by atoms with Crippen molar-refractivity contribution in [2.24, 2.45) is 0 Å². The molecule has 0 atom stereocenters. The van der Waals surface area contributed by atoms with Crippen LogP contribution in [-0.4, -0.2) is 36.2 Å². The van der Waals surface area contributed by atoms with Crippen molar-refractivity contribution in [1.29, 1.82) is 0 Å². The lowest BCUT2D eigenvalue weighted by molar-refractivity contribution is 0.307. The summed E-state index contributed by atoms with van der Waals surface area (Å²) in [5.41, 5.74) is 0. The summed E-state index contributed by atoms with van der Waals surface area (Å²) in [5, 5.41) is 0. The Morgan fingerprint density at radius 1 is 1.44 bits per heavy atom. The van der Waals surface area contributed by atoms with E-state index in [9.17, 15) is 8.42 Å². The first-order valence-electron chi connectivity index (χ1n) is 6.20. The second kappa shape index (κ2) is 5.03. The van der Waals surface area contributed by atoms with Gasteiger partial charge in [0.1, 0.15) is 5.76 Å². The molecule has 2 rings (SSSR count). The minimum Gasteiger partial charge on any atom is -0.468 e. The number of hydrogen-bond acceptors (Lipinski definition) is 3. The molecule has 1 aliphatic rings. The molecular formula is C12H20N2O3S. The lowest BCUT2D eigenvalue weighted by Gasteiger charge is -2.29. The van der Waals surface area contributed by atoms with E-state index >= 15 is 0 Å². The smallest absolute Gasteiger partial charge is 0.282 e. The summed E-state index contributed by atoms with van der Waals surface area (Å²) in [6.45, 7) is 4.06. The van der Waals surface area contributed by atoms with Gasteiger partial charge in [0.15, 0.2) is 0 Å². The molecule has 0 bridgehead atoms. The molecule has 6 heteroatoms. The van der Waals surface area contributed by atoms with Crippen LogP contribution >= 0.6 is 0 Å². The standard InChI is InChI=1S/C12H20N2O3S/c1-10(2)13(3)18(15,16)14(11-6-7-11)9-12-5-4-8-17-12/h4-5,8,10-11H,6-7,9H2,1-3H3. The Morgan fingerprint density at radius 3 is 2.56 bits per heavy atom. The summed E-state index contributed by atoms with van der Waals surface area (Å²) in [5.74, 6) is 0.683. The van der Waals surface area contributed by atoms with Gasteiger partial charge in [0, 0.05) is 19.1 Å². The zero-order valence-corrected chi connectivity index (χ0v) is 11.9. The molecule has 1 aromatic rings. The van der Waals surface area contributed by atoms with Gasteiger partial charge in [0.25, 0.3) is 10.2 Å². The van der Waals surface area contributed by atoms with E-state index in [0.29, 0.717) is 12.3 Å². The summed E-state index contributed by atoms with van der Waals surface area (Å²) >= 11 is 0. The molecule has 0 aromatic carbocycles. The molecule has 0 radical (unpaired) electrons. The third kappa shape index (κ3) is 2.76. The van der Waals surface area contributed by atoms with Crippen molar-refractivity contribution in [1.82, 2.24) is 8.61 Å². The zero-order valence-electron chi connectivity index (χ0n) is 11.0. The predicted octanol–water partition coefficient (Wildman–Crippen LogP) is 1.83. The molecule has 18 heavy (non-hydrogen) atoms. The van der Waals surface area contributed by atoms with E-state index in [4.69, 9.17) is 4.42 Å². The largest absolute Gasteiger partial charge is 0.468 e. The van der Waals surface area contributed by atoms with E-state index in [1.165, 1.54) is 4.31 Å². The topological polar surface area (TPSA) is 53.8 Å². The van der Waals surface area contributed by atoms with E-state index < -0.39 is 10.2 Å². The average Bonchev–Trinajstić information content (AvgIpc) is 3.01. The van der Waals surface area contributed by atoms with Gasteiger partial charge in [-0.1, -0.05) is 0 Å². The highest BCUT2D eigenvalue weighted by atomic mass is 32.2. The van der Waals surface area contributed by atoms with Gasteiger partial charge in [-0.15, -0.1) is 0 Å². The Kier molecular flexibility index (Phi) is 3.79. The van der Waals surface area contributed by atoms with E-state index in [2.05, 4.69) is 0 Å². The van der Waals surface area contributed by atoms with Crippen LogP contribution in [0.25, 0.3) is 0 Å². The van der Waals surface area contributed by atoms with Crippen molar-refractivity contribution in [3.63, 3.8) is 0 Å². The lowest BCUT2D eigenvalue weighted by atomic mass is 10.4. The third-order valence-corrected chi connectivity index (χ3v) is 5.40. The monoisotopic (exact) mass is 272 g/mol. The maximum atomic E-state index is 12.5. The molecule has 0 aliphatic heterocycles. The highest BCUT2D eigenvalue weighted by molar-refractivity contribution is 7.86. The summed E-state index contributed by atoms with van der Waals surface area (Å²) in [7, 11) is -1.78. The summed E-state index contributed by atoms with van der Waals surface area (Å²) in [6.07, 6.45) is 3.44. The van der Waals surface area contributed by atoms with E-state index in [1.54, 1.807) is 29.7 Å². The van der Waals surface area contributed by atoms with E-state index in [0.717, 1.165) is 12.8 Å². The van der Waals surface area contributed by atoms with Crippen molar-refractivity contribution in [3.05, 3.63) is 24.2 Å². The van der Waals surface area contributed by atoms with Gasteiger partial charge in [-0.05, 0) is 38.8 Å². The quantitative estimate of drug-likeness (QED) is 0.794. The summed E-state index contributed by atoms with van der Waals surface area (Å²) < 4.78 is 33.2. The van der Waals surface area contributed by atoms with Gasteiger partial charge >= 0.3 is 0 Å². The van der Waals surface area contributed by atoms with Crippen molar-refractivity contribution in [2.45, 2.75) is 45.3 Å². The molecule has 0 N–H and O–H groups in total. The molecule has 0 saturated heterocycles. The molecule has 5 nitrogen and oxygen atoms in total. The Bertz CT molecular complexity index is 477. The van der Waals surface area contributed by atoms with Crippen molar-refractivity contribution in [3.8, 4) is 0 Å². The molecule has 102 valence electrons. The fraction of sp³-hybridized carbons (Fsp3) is 0.667. The highest BCUT2D eigenvalue weighted by Crippen LogP contribution is 2.32. The minimum atomic E-state index is -3.41. The molecule has 0 spiro atoms. The first-order chi connectivity index (χ1) is 8.43. The number of hydrogen-bond donors (Lipinski definition) is 0. The molecule has 0 unspecified atom stereocenters. The first-order valence-corrected chi connectivity index (χ1v) is 7.60. The van der Waals surface area contributed by atoms with E-state index in [1.807, 2.05) is 13.8 Å². The van der Waals surface area contributed by atoms with Crippen molar-refractivity contribution < 1.29 is 12.8 Å². The Balaban J connectivity index is 2.19. The average molecular weight is 272 g/mol. The van der Waals surface area contributed by atoms with Gasteiger partial charge in [0.2, 0.25) is 0 Å². The SMILES string of the molecule is CC(C)N(C)S(=O)(=O)N(Cc1ccco1)C1CC1. The molecular weight excluding hydrogens is 252 g/mol. The van der Waals surface area contributed by atoms with Gasteiger partial charge in [0.05, 0.1) is 12.8 Å².